The molecule has 0 saturated carbocycles. The Kier molecular flexibility index (Phi) is 3.59. The fraction of sp³-hybridized carbons (Fsp3) is 0. The molecule has 1 aromatic heterocycles. The SMILES string of the molecule is N#Cc1ccnnc1Oc1ccc(C(=O)O)cc1Cl. The number of halogens is 1. The summed E-state index contributed by atoms with van der Waals surface area (Å²) in [7, 11) is 0. The van der Waals surface area contributed by atoms with Crippen molar-refractivity contribution < 1.29 is 14.6 Å². The summed E-state index contributed by atoms with van der Waals surface area (Å²) >= 11 is 5.90. The molecule has 2 rings (SSSR count). The number of nitrogens with zero attached hydrogens (tertiary/aromatic N) is 3. The van der Waals surface area contributed by atoms with E-state index in [4.69, 9.17) is 26.7 Å². The van der Waals surface area contributed by atoms with Crippen LogP contribution in [-0.4, -0.2) is 21.3 Å². The maximum Gasteiger partial charge on any atom is 0.335 e. The average molecular weight is 276 g/mol. The van der Waals surface area contributed by atoms with Crippen LogP contribution in [0.25, 0.3) is 0 Å². The molecule has 0 aliphatic heterocycles. The molecule has 0 bridgehead atoms. The minimum absolute atomic E-state index is 0.00924. The Morgan fingerprint density at radius 2 is 2.21 bits per heavy atom. The molecule has 0 fully saturated rings. The molecule has 0 spiro atoms. The average Bonchev–Trinajstić information content (AvgIpc) is 2.41. The summed E-state index contributed by atoms with van der Waals surface area (Å²) in [5.74, 6) is -0.885. The molecule has 7 heteroatoms. The first-order valence-corrected chi connectivity index (χ1v) is 5.42. The van der Waals surface area contributed by atoms with E-state index < -0.39 is 5.97 Å². The van der Waals surface area contributed by atoms with Gasteiger partial charge in [-0.05, 0) is 24.3 Å². The quantitative estimate of drug-likeness (QED) is 0.924. The van der Waals surface area contributed by atoms with Crippen molar-refractivity contribution in [3.8, 4) is 17.7 Å². The van der Waals surface area contributed by atoms with Crippen molar-refractivity contribution in [3.05, 3.63) is 46.6 Å². The fourth-order valence-corrected chi connectivity index (χ4v) is 1.52. The minimum atomic E-state index is -1.09. The molecule has 0 aliphatic rings. The van der Waals surface area contributed by atoms with Crippen molar-refractivity contribution in [1.82, 2.24) is 10.2 Å². The first kappa shape index (κ1) is 12.8. The van der Waals surface area contributed by atoms with E-state index >= 15 is 0 Å². The predicted molar refractivity (Wildman–Crippen MR) is 65.2 cm³/mol. The molecule has 0 unspecified atom stereocenters. The smallest absolute Gasteiger partial charge is 0.335 e. The van der Waals surface area contributed by atoms with Gasteiger partial charge in [0.05, 0.1) is 16.8 Å². The van der Waals surface area contributed by atoms with Crippen LogP contribution in [-0.2, 0) is 0 Å². The van der Waals surface area contributed by atoms with Gasteiger partial charge in [0.2, 0.25) is 0 Å². The van der Waals surface area contributed by atoms with Crippen molar-refractivity contribution in [2.45, 2.75) is 0 Å². The van der Waals surface area contributed by atoms with Crippen molar-refractivity contribution in [3.63, 3.8) is 0 Å². The van der Waals surface area contributed by atoms with Gasteiger partial charge in [0, 0.05) is 0 Å². The molecule has 1 heterocycles. The maximum absolute atomic E-state index is 10.8. The molecule has 19 heavy (non-hydrogen) atoms. The zero-order chi connectivity index (χ0) is 13.8. The van der Waals surface area contributed by atoms with E-state index in [1.54, 1.807) is 0 Å². The molecule has 2 aromatic rings. The molecule has 1 aromatic carbocycles. The Bertz CT molecular complexity index is 682. The summed E-state index contributed by atoms with van der Waals surface area (Å²) < 4.78 is 5.34. The van der Waals surface area contributed by atoms with Crippen LogP contribution in [0.3, 0.4) is 0 Å². The number of benzene rings is 1. The monoisotopic (exact) mass is 275 g/mol. The Morgan fingerprint density at radius 1 is 1.42 bits per heavy atom. The Hall–Kier alpha value is -2.65. The molecular formula is C12H6ClN3O3. The van der Waals surface area contributed by atoms with E-state index in [2.05, 4.69) is 10.2 Å². The number of aromatic nitrogens is 2. The third-order valence-corrected chi connectivity index (χ3v) is 2.49. The molecule has 0 saturated heterocycles. The highest BCUT2D eigenvalue weighted by Crippen LogP contribution is 2.30. The molecule has 0 aliphatic carbocycles. The number of carboxylic acids is 1. The predicted octanol–water partition coefficient (Wildman–Crippen LogP) is 2.49. The van der Waals surface area contributed by atoms with Crippen LogP contribution in [0.5, 0.6) is 11.6 Å². The molecule has 0 atom stereocenters. The van der Waals surface area contributed by atoms with Crippen LogP contribution in [0.2, 0.25) is 5.02 Å². The second-order valence-electron chi connectivity index (χ2n) is 3.41. The van der Waals surface area contributed by atoms with E-state index in [0.29, 0.717) is 0 Å². The van der Waals surface area contributed by atoms with Gasteiger partial charge in [-0.1, -0.05) is 11.6 Å². The second kappa shape index (κ2) is 5.33. The van der Waals surface area contributed by atoms with Crippen molar-refractivity contribution in [2.24, 2.45) is 0 Å². The van der Waals surface area contributed by atoms with Crippen LogP contribution < -0.4 is 4.74 Å². The molecule has 6 nitrogen and oxygen atoms in total. The third kappa shape index (κ3) is 2.78. The van der Waals surface area contributed by atoms with Crippen molar-refractivity contribution in [2.75, 3.05) is 0 Å². The lowest BCUT2D eigenvalue weighted by molar-refractivity contribution is 0.0697. The van der Waals surface area contributed by atoms with Crippen LogP contribution in [0.4, 0.5) is 0 Å². The van der Waals surface area contributed by atoms with Gasteiger partial charge in [0.25, 0.3) is 5.88 Å². The largest absolute Gasteiger partial charge is 0.478 e. The second-order valence-corrected chi connectivity index (χ2v) is 3.82. The lowest BCUT2D eigenvalue weighted by Gasteiger charge is -2.07. The number of rotatable bonds is 3. The topological polar surface area (TPSA) is 96.1 Å². The zero-order valence-electron chi connectivity index (χ0n) is 9.37. The first-order valence-electron chi connectivity index (χ1n) is 5.04. The normalized spacial score (nSPS) is 9.68. The summed E-state index contributed by atoms with van der Waals surface area (Å²) in [6, 6.07) is 7.33. The molecular weight excluding hydrogens is 270 g/mol. The van der Waals surface area contributed by atoms with Crippen molar-refractivity contribution in [1.29, 1.82) is 5.26 Å². The van der Waals surface area contributed by atoms with Crippen LogP contribution in [0, 0.1) is 11.3 Å². The van der Waals surface area contributed by atoms with Gasteiger partial charge in [-0.25, -0.2) is 4.79 Å². The molecule has 0 radical (unpaired) electrons. The lowest BCUT2D eigenvalue weighted by atomic mass is 10.2. The number of carboxylic acid groups (broad SMARTS) is 1. The van der Waals surface area contributed by atoms with E-state index in [0.717, 1.165) is 0 Å². The van der Waals surface area contributed by atoms with Crippen LogP contribution in [0.1, 0.15) is 15.9 Å². The van der Waals surface area contributed by atoms with E-state index in [1.807, 2.05) is 6.07 Å². The van der Waals surface area contributed by atoms with Gasteiger partial charge in [-0.3, -0.25) is 0 Å². The number of hydrogen-bond acceptors (Lipinski definition) is 5. The Balaban J connectivity index is 2.34. The van der Waals surface area contributed by atoms with E-state index in [9.17, 15) is 4.79 Å². The summed E-state index contributed by atoms with van der Waals surface area (Å²) in [5, 5.41) is 25.1. The van der Waals surface area contributed by atoms with Gasteiger partial charge in [0.15, 0.2) is 0 Å². The van der Waals surface area contributed by atoms with Crippen LogP contribution >= 0.6 is 11.6 Å². The zero-order valence-corrected chi connectivity index (χ0v) is 10.1. The van der Waals surface area contributed by atoms with Gasteiger partial charge in [-0.2, -0.15) is 10.4 Å². The van der Waals surface area contributed by atoms with E-state index in [1.165, 1.54) is 30.5 Å². The fourth-order valence-electron chi connectivity index (χ4n) is 1.30. The Labute approximate surface area is 112 Å². The molecule has 0 amide bonds. The number of nitriles is 1. The van der Waals surface area contributed by atoms with Gasteiger partial charge < -0.3 is 9.84 Å². The highest BCUT2D eigenvalue weighted by Gasteiger charge is 2.11. The summed E-state index contributed by atoms with van der Waals surface area (Å²) in [6.45, 7) is 0. The summed E-state index contributed by atoms with van der Waals surface area (Å²) in [6.07, 6.45) is 1.36. The number of hydrogen-bond donors (Lipinski definition) is 1. The third-order valence-electron chi connectivity index (χ3n) is 2.19. The Morgan fingerprint density at radius 3 is 2.84 bits per heavy atom. The van der Waals surface area contributed by atoms with Gasteiger partial charge in [0.1, 0.15) is 17.4 Å². The van der Waals surface area contributed by atoms with Gasteiger partial charge >= 0.3 is 5.97 Å². The molecule has 94 valence electrons. The van der Waals surface area contributed by atoms with Gasteiger partial charge in [-0.15, -0.1) is 5.10 Å². The number of carbonyl (C=O) groups is 1. The maximum atomic E-state index is 10.8. The highest BCUT2D eigenvalue weighted by atomic mass is 35.5. The summed E-state index contributed by atoms with van der Waals surface area (Å²) in [5.41, 5.74) is 0.241. The standard InChI is InChI=1S/C12H6ClN3O3/c13-9-5-7(12(17)18)1-2-10(9)19-11-8(6-14)3-4-15-16-11/h1-5H,(H,17,18). The molecule has 1 N–H and O–H groups in total. The van der Waals surface area contributed by atoms with E-state index in [-0.39, 0.29) is 27.8 Å². The highest BCUT2D eigenvalue weighted by molar-refractivity contribution is 6.32. The lowest BCUT2D eigenvalue weighted by Crippen LogP contribution is -1.98. The first-order chi connectivity index (χ1) is 9.11. The van der Waals surface area contributed by atoms with Crippen molar-refractivity contribution >= 4 is 17.6 Å². The van der Waals surface area contributed by atoms with Crippen LogP contribution in [0.15, 0.2) is 30.5 Å². The summed E-state index contributed by atoms with van der Waals surface area (Å²) in [4.78, 5) is 10.8. The minimum Gasteiger partial charge on any atom is -0.478 e. The number of ether oxygens (including phenoxy) is 1. The number of aromatic carboxylic acids is 1.